The van der Waals surface area contributed by atoms with E-state index in [1.807, 2.05) is 32.2 Å². The molecule has 0 saturated heterocycles. The molecule has 2 amide bonds. The smallest absolute Gasteiger partial charge is 0.338 e. The van der Waals surface area contributed by atoms with Gasteiger partial charge in [-0.15, -0.1) is 0 Å². The van der Waals surface area contributed by atoms with Crippen molar-refractivity contribution in [2.24, 2.45) is 0 Å². The van der Waals surface area contributed by atoms with Crippen LogP contribution in [0, 0.1) is 6.92 Å². The van der Waals surface area contributed by atoms with Crippen molar-refractivity contribution in [3.8, 4) is 0 Å². The summed E-state index contributed by atoms with van der Waals surface area (Å²) in [4.78, 5) is 27.2. The highest BCUT2D eigenvalue weighted by Crippen LogP contribution is 2.30. The van der Waals surface area contributed by atoms with Gasteiger partial charge in [0.1, 0.15) is 17.6 Å². The average molecular weight is 397 g/mol. The standard InChI is InChI=1S/C22H27N3O4/c1-5-28-21(26)19-17(13-25(4)15(3)16-9-7-6-8-10-16)23-22(27)24-20(19)18-12-11-14(2)29-18/h6-12,15,20H,5,13H2,1-4H3,(H2,23,24,27)/t15-,20+/m1/s1. The van der Waals surface area contributed by atoms with Crippen molar-refractivity contribution in [3.05, 3.63) is 70.8 Å². The van der Waals surface area contributed by atoms with Crippen LogP contribution in [0.5, 0.6) is 0 Å². The number of nitrogens with one attached hydrogen (secondary N) is 2. The molecule has 1 aromatic carbocycles. The van der Waals surface area contributed by atoms with Gasteiger partial charge in [0.05, 0.1) is 12.2 Å². The Bertz CT molecular complexity index is 904. The molecule has 0 spiro atoms. The Labute approximate surface area is 170 Å². The minimum absolute atomic E-state index is 0.0863. The lowest BCUT2D eigenvalue weighted by Crippen LogP contribution is -2.48. The maximum Gasteiger partial charge on any atom is 0.338 e. The van der Waals surface area contributed by atoms with Crippen LogP contribution in [0.3, 0.4) is 0 Å². The van der Waals surface area contributed by atoms with Gasteiger partial charge in [0.15, 0.2) is 0 Å². The lowest BCUT2D eigenvalue weighted by Gasteiger charge is -2.32. The first-order valence-electron chi connectivity index (χ1n) is 9.70. The van der Waals surface area contributed by atoms with Crippen LogP contribution in [0.1, 0.15) is 43.0 Å². The van der Waals surface area contributed by atoms with Crippen molar-refractivity contribution >= 4 is 12.0 Å². The number of hydrogen-bond acceptors (Lipinski definition) is 5. The third kappa shape index (κ3) is 4.68. The minimum atomic E-state index is -0.702. The summed E-state index contributed by atoms with van der Waals surface area (Å²) >= 11 is 0. The lowest BCUT2D eigenvalue weighted by molar-refractivity contribution is -0.139. The Hall–Kier alpha value is -3.06. The van der Waals surface area contributed by atoms with E-state index in [0.29, 0.717) is 29.3 Å². The third-order valence-electron chi connectivity index (χ3n) is 5.05. The Morgan fingerprint density at radius 1 is 1.24 bits per heavy atom. The minimum Gasteiger partial charge on any atom is -0.464 e. The number of benzene rings is 1. The number of rotatable bonds is 7. The van der Waals surface area contributed by atoms with Gasteiger partial charge in [-0.2, -0.15) is 0 Å². The van der Waals surface area contributed by atoms with Gasteiger partial charge in [-0.3, -0.25) is 4.90 Å². The van der Waals surface area contributed by atoms with Crippen LogP contribution >= 0.6 is 0 Å². The van der Waals surface area contributed by atoms with Crippen molar-refractivity contribution in [1.29, 1.82) is 0 Å². The third-order valence-corrected chi connectivity index (χ3v) is 5.05. The SMILES string of the molecule is CCOC(=O)C1=C(CN(C)[C@H](C)c2ccccc2)NC(=O)N[C@H]1c1ccc(C)o1. The molecule has 2 heterocycles. The first kappa shape index (κ1) is 20.7. The maximum absolute atomic E-state index is 12.8. The molecule has 154 valence electrons. The van der Waals surface area contributed by atoms with Crippen LogP contribution in [0.25, 0.3) is 0 Å². The largest absolute Gasteiger partial charge is 0.464 e. The molecule has 0 bridgehead atoms. The van der Waals surface area contributed by atoms with Crippen LogP contribution in [-0.4, -0.2) is 37.1 Å². The highest BCUT2D eigenvalue weighted by molar-refractivity contribution is 5.95. The van der Waals surface area contributed by atoms with Crippen LogP contribution in [0.2, 0.25) is 0 Å². The molecule has 29 heavy (non-hydrogen) atoms. The second-order valence-corrected chi connectivity index (χ2v) is 7.09. The topological polar surface area (TPSA) is 83.8 Å². The molecule has 2 atom stereocenters. The number of nitrogens with zero attached hydrogens (tertiary/aromatic N) is 1. The molecule has 2 N–H and O–H groups in total. The predicted molar refractivity (Wildman–Crippen MR) is 109 cm³/mol. The number of esters is 1. The van der Waals surface area contributed by atoms with E-state index in [0.717, 1.165) is 5.56 Å². The number of likely N-dealkylation sites (N-methyl/N-ethyl adjacent to an activating group) is 1. The number of urea groups is 1. The van der Waals surface area contributed by atoms with E-state index >= 15 is 0 Å². The quantitative estimate of drug-likeness (QED) is 0.699. The maximum atomic E-state index is 12.8. The van der Waals surface area contributed by atoms with Gasteiger partial charge in [0.2, 0.25) is 0 Å². The Morgan fingerprint density at radius 3 is 2.59 bits per heavy atom. The van der Waals surface area contributed by atoms with E-state index in [-0.39, 0.29) is 18.7 Å². The molecule has 0 aliphatic carbocycles. The monoisotopic (exact) mass is 397 g/mol. The Morgan fingerprint density at radius 2 is 1.97 bits per heavy atom. The molecule has 0 saturated carbocycles. The predicted octanol–water partition coefficient (Wildman–Crippen LogP) is 3.45. The highest BCUT2D eigenvalue weighted by Gasteiger charge is 2.36. The number of hydrogen-bond donors (Lipinski definition) is 2. The number of carbonyl (C=O) groups is 2. The number of aryl methyl sites for hydroxylation is 1. The number of ether oxygens (including phenoxy) is 1. The molecule has 1 aliphatic rings. The summed E-state index contributed by atoms with van der Waals surface area (Å²) in [6.07, 6.45) is 0. The van der Waals surface area contributed by atoms with Crippen molar-refractivity contribution in [2.45, 2.75) is 32.9 Å². The lowest BCUT2D eigenvalue weighted by atomic mass is 9.99. The zero-order valence-corrected chi connectivity index (χ0v) is 17.2. The van der Waals surface area contributed by atoms with Gasteiger partial charge in [0, 0.05) is 18.3 Å². The second-order valence-electron chi connectivity index (χ2n) is 7.09. The molecule has 7 heteroatoms. The molecule has 3 rings (SSSR count). The molecule has 1 aliphatic heterocycles. The van der Waals surface area contributed by atoms with Crippen molar-refractivity contribution in [2.75, 3.05) is 20.2 Å². The van der Waals surface area contributed by atoms with E-state index in [2.05, 4.69) is 34.6 Å². The van der Waals surface area contributed by atoms with Gasteiger partial charge in [0.25, 0.3) is 0 Å². The van der Waals surface area contributed by atoms with E-state index < -0.39 is 12.0 Å². The zero-order chi connectivity index (χ0) is 21.0. The summed E-state index contributed by atoms with van der Waals surface area (Å²) in [5.74, 6) is 0.721. The van der Waals surface area contributed by atoms with Gasteiger partial charge >= 0.3 is 12.0 Å². The molecule has 2 aromatic rings. The summed E-state index contributed by atoms with van der Waals surface area (Å²) in [7, 11) is 1.95. The fraction of sp³-hybridized carbons (Fsp3) is 0.364. The molecule has 7 nitrogen and oxygen atoms in total. The number of furan rings is 1. The second kappa shape index (κ2) is 8.96. The van der Waals surface area contributed by atoms with E-state index in [1.54, 1.807) is 19.1 Å². The average Bonchev–Trinajstić information content (AvgIpc) is 3.14. The summed E-state index contributed by atoms with van der Waals surface area (Å²) in [6, 6.07) is 12.6. The number of carbonyl (C=O) groups excluding carboxylic acids is 2. The highest BCUT2D eigenvalue weighted by atomic mass is 16.5. The van der Waals surface area contributed by atoms with Crippen molar-refractivity contribution < 1.29 is 18.7 Å². The van der Waals surface area contributed by atoms with Crippen molar-refractivity contribution in [3.63, 3.8) is 0 Å². The Balaban J connectivity index is 1.95. The summed E-state index contributed by atoms with van der Waals surface area (Å²) in [5.41, 5.74) is 2.01. The van der Waals surface area contributed by atoms with E-state index in [1.165, 1.54) is 0 Å². The molecular weight excluding hydrogens is 370 g/mol. The fourth-order valence-electron chi connectivity index (χ4n) is 3.39. The first-order valence-corrected chi connectivity index (χ1v) is 9.70. The van der Waals surface area contributed by atoms with Crippen LogP contribution in [0.4, 0.5) is 4.79 Å². The summed E-state index contributed by atoms with van der Waals surface area (Å²) in [6.45, 7) is 6.26. The van der Waals surface area contributed by atoms with Crippen LogP contribution in [0.15, 0.2) is 58.2 Å². The molecule has 0 radical (unpaired) electrons. The molecule has 0 fully saturated rings. The summed E-state index contributed by atoms with van der Waals surface area (Å²) in [5, 5.41) is 5.57. The summed E-state index contributed by atoms with van der Waals surface area (Å²) < 4.78 is 11.0. The van der Waals surface area contributed by atoms with Gasteiger partial charge in [-0.05, 0) is 45.5 Å². The van der Waals surface area contributed by atoms with Crippen LogP contribution < -0.4 is 10.6 Å². The van der Waals surface area contributed by atoms with Gasteiger partial charge in [-0.1, -0.05) is 30.3 Å². The van der Waals surface area contributed by atoms with Crippen molar-refractivity contribution in [1.82, 2.24) is 15.5 Å². The van der Waals surface area contributed by atoms with E-state index in [9.17, 15) is 9.59 Å². The normalized spacial score (nSPS) is 17.7. The fourth-order valence-corrected chi connectivity index (χ4v) is 3.39. The zero-order valence-electron chi connectivity index (χ0n) is 17.2. The molecule has 0 unspecified atom stereocenters. The van der Waals surface area contributed by atoms with E-state index in [4.69, 9.17) is 9.15 Å². The van der Waals surface area contributed by atoms with Gasteiger partial charge < -0.3 is 19.8 Å². The first-order chi connectivity index (χ1) is 13.9. The molecule has 1 aromatic heterocycles. The van der Waals surface area contributed by atoms with Gasteiger partial charge in [-0.25, -0.2) is 9.59 Å². The Kier molecular flexibility index (Phi) is 6.39. The molecular formula is C22H27N3O4. The number of amides is 2. The van der Waals surface area contributed by atoms with Crippen LogP contribution in [-0.2, 0) is 9.53 Å².